The van der Waals surface area contributed by atoms with E-state index < -0.39 is 5.60 Å². The molecular weight excluding hydrogens is 306 g/mol. The molecule has 5 heteroatoms. The second-order valence-electron chi connectivity index (χ2n) is 7.27. The quantitative estimate of drug-likeness (QED) is 0.784. The molecule has 1 fully saturated rings. The Morgan fingerprint density at radius 3 is 2.38 bits per heavy atom. The zero-order valence-electron chi connectivity index (χ0n) is 15.0. The molecule has 0 unspecified atom stereocenters. The van der Waals surface area contributed by atoms with Crippen LogP contribution in [0.15, 0.2) is 24.3 Å². The fourth-order valence-corrected chi connectivity index (χ4v) is 2.70. The van der Waals surface area contributed by atoms with Crippen molar-refractivity contribution in [1.82, 2.24) is 4.90 Å². The maximum Gasteiger partial charge on any atom is 0.410 e. The van der Waals surface area contributed by atoms with Gasteiger partial charge in [-0.3, -0.25) is 4.79 Å². The summed E-state index contributed by atoms with van der Waals surface area (Å²) >= 11 is 0. The van der Waals surface area contributed by atoms with Crippen molar-refractivity contribution in [1.29, 1.82) is 0 Å². The number of Topliss-reactive ketones (excluding diaryl/α,β-unsaturated/α-hetero) is 1. The third-order valence-electron chi connectivity index (χ3n) is 4.01. The molecule has 0 spiro atoms. The third-order valence-corrected chi connectivity index (χ3v) is 4.01. The lowest BCUT2D eigenvalue weighted by molar-refractivity contribution is 0.0164. The van der Waals surface area contributed by atoms with Crippen molar-refractivity contribution in [2.75, 3.05) is 19.7 Å². The largest absolute Gasteiger partial charge is 0.493 e. The van der Waals surface area contributed by atoms with Crippen molar-refractivity contribution >= 4 is 11.9 Å². The zero-order chi connectivity index (χ0) is 17.7. The number of ether oxygens (including phenoxy) is 2. The van der Waals surface area contributed by atoms with E-state index in [0.29, 0.717) is 36.9 Å². The molecule has 0 N–H and O–H groups in total. The number of carbonyl (C=O) groups is 2. The molecule has 24 heavy (non-hydrogen) atoms. The average molecular weight is 333 g/mol. The second kappa shape index (κ2) is 7.69. The van der Waals surface area contributed by atoms with E-state index in [1.165, 1.54) is 0 Å². The fourth-order valence-electron chi connectivity index (χ4n) is 2.70. The number of carbonyl (C=O) groups excluding carboxylic acids is 2. The van der Waals surface area contributed by atoms with Crippen LogP contribution < -0.4 is 4.74 Å². The van der Waals surface area contributed by atoms with Crippen molar-refractivity contribution in [3.05, 3.63) is 29.8 Å². The maximum atomic E-state index is 12.1. The third kappa shape index (κ3) is 5.25. The molecule has 0 radical (unpaired) electrons. The van der Waals surface area contributed by atoms with Gasteiger partial charge in [-0.1, -0.05) is 12.1 Å². The highest BCUT2D eigenvalue weighted by atomic mass is 16.6. The van der Waals surface area contributed by atoms with Gasteiger partial charge in [-0.05, 0) is 58.6 Å². The first-order valence-corrected chi connectivity index (χ1v) is 8.47. The Kier molecular flexibility index (Phi) is 5.86. The number of ketones is 1. The van der Waals surface area contributed by atoms with E-state index in [-0.39, 0.29) is 11.9 Å². The molecule has 1 aromatic carbocycles. The number of piperidine rings is 1. The van der Waals surface area contributed by atoms with Crippen molar-refractivity contribution in [3.63, 3.8) is 0 Å². The molecule has 0 bridgehead atoms. The fraction of sp³-hybridized carbons (Fsp3) is 0.579. The number of amides is 1. The minimum Gasteiger partial charge on any atom is -0.493 e. The van der Waals surface area contributed by atoms with Gasteiger partial charge in [0.15, 0.2) is 5.78 Å². The lowest BCUT2D eigenvalue weighted by Gasteiger charge is -2.33. The number of hydrogen-bond acceptors (Lipinski definition) is 4. The molecule has 2 rings (SSSR count). The van der Waals surface area contributed by atoms with Crippen molar-refractivity contribution < 1.29 is 19.1 Å². The number of para-hydroxylation sites is 1. The van der Waals surface area contributed by atoms with Crippen LogP contribution in [-0.4, -0.2) is 42.1 Å². The van der Waals surface area contributed by atoms with Crippen LogP contribution in [0.4, 0.5) is 4.79 Å². The van der Waals surface area contributed by atoms with Gasteiger partial charge in [-0.2, -0.15) is 0 Å². The van der Waals surface area contributed by atoms with Crippen LogP contribution in [0.5, 0.6) is 5.75 Å². The van der Waals surface area contributed by atoms with Gasteiger partial charge >= 0.3 is 6.09 Å². The predicted molar refractivity (Wildman–Crippen MR) is 92.5 cm³/mol. The summed E-state index contributed by atoms with van der Waals surface area (Å²) in [5, 5.41) is 0. The topological polar surface area (TPSA) is 55.8 Å². The summed E-state index contributed by atoms with van der Waals surface area (Å²) in [4.78, 5) is 25.4. The molecule has 1 heterocycles. The van der Waals surface area contributed by atoms with Gasteiger partial charge in [-0.15, -0.1) is 0 Å². The summed E-state index contributed by atoms with van der Waals surface area (Å²) in [6, 6.07) is 7.31. The van der Waals surface area contributed by atoms with E-state index in [2.05, 4.69) is 0 Å². The predicted octanol–water partition coefficient (Wildman–Crippen LogP) is 3.92. The molecule has 132 valence electrons. The highest BCUT2D eigenvalue weighted by Crippen LogP contribution is 2.23. The van der Waals surface area contributed by atoms with E-state index >= 15 is 0 Å². The molecule has 1 saturated heterocycles. The number of hydrogen-bond donors (Lipinski definition) is 0. The van der Waals surface area contributed by atoms with Crippen LogP contribution in [0.1, 0.15) is 50.9 Å². The van der Waals surface area contributed by atoms with Gasteiger partial charge in [0, 0.05) is 13.1 Å². The van der Waals surface area contributed by atoms with Crippen LogP contribution in [0.3, 0.4) is 0 Å². The Hall–Kier alpha value is -2.04. The van der Waals surface area contributed by atoms with Crippen molar-refractivity contribution in [2.45, 2.75) is 46.1 Å². The smallest absolute Gasteiger partial charge is 0.410 e. The molecule has 1 aliphatic rings. The Balaban J connectivity index is 1.82. The number of rotatable bonds is 4. The Labute approximate surface area is 143 Å². The molecule has 1 amide bonds. The highest BCUT2D eigenvalue weighted by molar-refractivity contribution is 5.96. The van der Waals surface area contributed by atoms with Crippen LogP contribution in [0.25, 0.3) is 0 Å². The average Bonchev–Trinajstić information content (AvgIpc) is 2.52. The Bertz CT molecular complexity index is 583. The van der Waals surface area contributed by atoms with Crippen molar-refractivity contribution in [3.8, 4) is 5.75 Å². The van der Waals surface area contributed by atoms with Crippen LogP contribution in [-0.2, 0) is 4.74 Å². The molecule has 5 nitrogen and oxygen atoms in total. The van der Waals surface area contributed by atoms with Gasteiger partial charge in [-0.25, -0.2) is 4.79 Å². The molecule has 1 aliphatic heterocycles. The summed E-state index contributed by atoms with van der Waals surface area (Å²) < 4.78 is 11.3. The van der Waals surface area contributed by atoms with E-state index in [4.69, 9.17) is 9.47 Å². The van der Waals surface area contributed by atoms with E-state index in [0.717, 1.165) is 12.8 Å². The van der Waals surface area contributed by atoms with Crippen molar-refractivity contribution in [2.24, 2.45) is 5.92 Å². The summed E-state index contributed by atoms with van der Waals surface area (Å²) in [7, 11) is 0. The summed E-state index contributed by atoms with van der Waals surface area (Å²) in [6.45, 7) is 9.08. The van der Waals surface area contributed by atoms with E-state index in [1.54, 1.807) is 17.9 Å². The standard InChI is InChI=1S/C19H27NO4/c1-14(21)16-7-5-6-8-17(16)23-13-15-9-11-20(12-10-15)18(22)24-19(2,3)4/h5-8,15H,9-13H2,1-4H3. The first kappa shape index (κ1) is 18.3. The van der Waals surface area contributed by atoms with Crippen LogP contribution in [0.2, 0.25) is 0 Å². The minimum atomic E-state index is -0.465. The number of benzene rings is 1. The number of likely N-dealkylation sites (tertiary alicyclic amines) is 1. The Morgan fingerprint density at radius 2 is 1.79 bits per heavy atom. The van der Waals surface area contributed by atoms with E-state index in [9.17, 15) is 9.59 Å². The zero-order valence-corrected chi connectivity index (χ0v) is 15.0. The van der Waals surface area contributed by atoms with E-state index in [1.807, 2.05) is 39.0 Å². The van der Waals surface area contributed by atoms with Gasteiger partial charge < -0.3 is 14.4 Å². The maximum absolute atomic E-state index is 12.1. The first-order chi connectivity index (χ1) is 11.3. The van der Waals surface area contributed by atoms with Crippen LogP contribution >= 0.6 is 0 Å². The summed E-state index contributed by atoms with van der Waals surface area (Å²) in [5.41, 5.74) is 0.150. The molecule has 1 aromatic rings. The molecule has 0 aliphatic carbocycles. The van der Waals surface area contributed by atoms with Gasteiger partial charge in [0.2, 0.25) is 0 Å². The molecule has 0 saturated carbocycles. The van der Waals surface area contributed by atoms with Gasteiger partial charge in [0.05, 0.1) is 12.2 Å². The summed E-state index contributed by atoms with van der Waals surface area (Å²) in [5.74, 6) is 1.02. The molecule has 0 atom stereocenters. The van der Waals surface area contributed by atoms with Gasteiger partial charge in [0.25, 0.3) is 0 Å². The SMILES string of the molecule is CC(=O)c1ccccc1OCC1CCN(C(=O)OC(C)(C)C)CC1. The molecular formula is C19H27NO4. The summed E-state index contributed by atoms with van der Waals surface area (Å²) in [6.07, 6.45) is 1.51. The second-order valence-corrected chi connectivity index (χ2v) is 7.27. The minimum absolute atomic E-state index is 0.00495. The normalized spacial score (nSPS) is 15.9. The Morgan fingerprint density at radius 1 is 1.17 bits per heavy atom. The molecule has 0 aromatic heterocycles. The van der Waals surface area contributed by atoms with Crippen LogP contribution in [0, 0.1) is 5.92 Å². The lowest BCUT2D eigenvalue weighted by atomic mass is 9.98. The lowest BCUT2D eigenvalue weighted by Crippen LogP contribution is -2.42. The first-order valence-electron chi connectivity index (χ1n) is 8.47. The van der Waals surface area contributed by atoms with Gasteiger partial charge in [0.1, 0.15) is 11.4 Å². The number of nitrogens with zero attached hydrogens (tertiary/aromatic N) is 1. The highest BCUT2D eigenvalue weighted by Gasteiger charge is 2.27. The monoisotopic (exact) mass is 333 g/mol.